The lowest BCUT2D eigenvalue weighted by Gasteiger charge is -2.05. The van der Waals surface area contributed by atoms with E-state index in [0.717, 1.165) is 16.3 Å². The van der Waals surface area contributed by atoms with Crippen molar-refractivity contribution >= 4 is 22.5 Å². The van der Waals surface area contributed by atoms with Crippen LogP contribution in [0, 0.1) is 0 Å². The minimum atomic E-state index is -0.341. The van der Waals surface area contributed by atoms with Gasteiger partial charge in [-0.15, -0.1) is 0 Å². The molecule has 0 saturated carbocycles. The maximum atomic E-state index is 11.9. The maximum absolute atomic E-state index is 11.9. The minimum absolute atomic E-state index is 0.0572. The summed E-state index contributed by atoms with van der Waals surface area (Å²) >= 11 is 0. The number of carbonyl (C=O) groups excluding carboxylic acids is 2. The van der Waals surface area contributed by atoms with Crippen LogP contribution >= 0.6 is 0 Å². The molecule has 0 amide bonds. The van der Waals surface area contributed by atoms with Crippen molar-refractivity contribution in [1.29, 1.82) is 0 Å². The average Bonchev–Trinajstić information content (AvgIpc) is 2.45. The van der Waals surface area contributed by atoms with Gasteiger partial charge in [0.25, 0.3) is 0 Å². The van der Waals surface area contributed by atoms with Crippen molar-refractivity contribution in [3.63, 3.8) is 0 Å². The van der Waals surface area contributed by atoms with Crippen molar-refractivity contribution in [3.05, 3.63) is 48.0 Å². The zero-order valence-corrected chi connectivity index (χ0v) is 10.9. The first-order valence-corrected chi connectivity index (χ1v) is 6.26. The Hall–Kier alpha value is -2.16. The zero-order valence-electron chi connectivity index (χ0n) is 10.9. The molecule has 0 N–H and O–H groups in total. The van der Waals surface area contributed by atoms with Crippen LogP contribution in [0.5, 0.6) is 0 Å². The molecule has 0 aliphatic carbocycles. The highest BCUT2D eigenvalue weighted by Gasteiger charge is 2.09. The van der Waals surface area contributed by atoms with Crippen LogP contribution in [0.25, 0.3) is 10.8 Å². The maximum Gasteiger partial charge on any atom is 0.305 e. The molecule has 98 valence electrons. The first-order valence-electron chi connectivity index (χ1n) is 6.26. The standard InChI is InChI=1S/C16H16O3/c1-19-16(18)10-9-14(17)11-13-7-4-6-12-5-2-3-8-15(12)13/h2-8H,9-11H2,1H3. The highest BCUT2D eigenvalue weighted by atomic mass is 16.5. The molecule has 3 heteroatoms. The molecule has 3 nitrogen and oxygen atoms in total. The van der Waals surface area contributed by atoms with E-state index in [1.807, 2.05) is 42.5 Å². The molecule has 0 aromatic heterocycles. The van der Waals surface area contributed by atoms with E-state index in [4.69, 9.17) is 0 Å². The fraction of sp³-hybridized carbons (Fsp3) is 0.250. The van der Waals surface area contributed by atoms with Gasteiger partial charge in [-0.1, -0.05) is 42.5 Å². The number of benzene rings is 2. The van der Waals surface area contributed by atoms with Gasteiger partial charge >= 0.3 is 5.97 Å². The summed E-state index contributed by atoms with van der Waals surface area (Å²) in [5, 5.41) is 2.22. The van der Waals surface area contributed by atoms with Crippen molar-refractivity contribution < 1.29 is 14.3 Å². The monoisotopic (exact) mass is 256 g/mol. The van der Waals surface area contributed by atoms with Crippen LogP contribution in [0.1, 0.15) is 18.4 Å². The van der Waals surface area contributed by atoms with E-state index in [0.29, 0.717) is 6.42 Å². The normalized spacial score (nSPS) is 10.4. The van der Waals surface area contributed by atoms with E-state index in [1.165, 1.54) is 7.11 Å². The molecular weight excluding hydrogens is 240 g/mol. The number of ketones is 1. The molecule has 0 bridgehead atoms. The van der Waals surface area contributed by atoms with E-state index < -0.39 is 0 Å². The van der Waals surface area contributed by atoms with Gasteiger partial charge in [0.1, 0.15) is 5.78 Å². The highest BCUT2D eigenvalue weighted by molar-refractivity contribution is 5.91. The molecule has 2 aromatic carbocycles. The molecule has 0 atom stereocenters. The summed E-state index contributed by atoms with van der Waals surface area (Å²) in [5.41, 5.74) is 1.01. The summed E-state index contributed by atoms with van der Waals surface area (Å²) in [6.07, 6.45) is 0.744. The lowest BCUT2D eigenvalue weighted by Crippen LogP contribution is -2.08. The SMILES string of the molecule is COC(=O)CCC(=O)Cc1cccc2ccccc12. The number of ether oxygens (including phenoxy) is 1. The lowest BCUT2D eigenvalue weighted by atomic mass is 9.99. The predicted octanol–water partition coefficient (Wildman–Crippen LogP) is 2.90. The van der Waals surface area contributed by atoms with Crippen LogP contribution in [0.15, 0.2) is 42.5 Å². The molecule has 0 unspecified atom stereocenters. The minimum Gasteiger partial charge on any atom is -0.469 e. The van der Waals surface area contributed by atoms with Crippen LogP contribution in [0.2, 0.25) is 0 Å². The third-order valence-electron chi connectivity index (χ3n) is 3.10. The second kappa shape index (κ2) is 6.14. The summed E-state index contributed by atoms with van der Waals surface area (Å²) in [4.78, 5) is 22.9. The van der Waals surface area contributed by atoms with Crippen LogP contribution in [0.4, 0.5) is 0 Å². The number of carbonyl (C=O) groups is 2. The van der Waals surface area contributed by atoms with Gasteiger partial charge < -0.3 is 4.74 Å². The van der Waals surface area contributed by atoms with Gasteiger partial charge in [0.2, 0.25) is 0 Å². The highest BCUT2D eigenvalue weighted by Crippen LogP contribution is 2.19. The van der Waals surface area contributed by atoms with Gasteiger partial charge in [0.15, 0.2) is 0 Å². The van der Waals surface area contributed by atoms with Crippen LogP contribution in [-0.2, 0) is 20.7 Å². The third kappa shape index (κ3) is 3.41. The number of hydrogen-bond acceptors (Lipinski definition) is 3. The molecule has 0 aliphatic heterocycles. The average molecular weight is 256 g/mol. The second-order valence-electron chi connectivity index (χ2n) is 4.43. The van der Waals surface area contributed by atoms with E-state index in [-0.39, 0.29) is 24.6 Å². The fourth-order valence-electron chi connectivity index (χ4n) is 2.09. The van der Waals surface area contributed by atoms with E-state index in [1.54, 1.807) is 0 Å². The van der Waals surface area contributed by atoms with Gasteiger partial charge in [-0.2, -0.15) is 0 Å². The molecule has 2 aromatic rings. The van der Waals surface area contributed by atoms with Crippen LogP contribution in [0.3, 0.4) is 0 Å². The summed E-state index contributed by atoms with van der Waals surface area (Å²) in [7, 11) is 1.33. The van der Waals surface area contributed by atoms with Crippen LogP contribution < -0.4 is 0 Å². The lowest BCUT2D eigenvalue weighted by molar-refractivity contribution is -0.141. The first kappa shape index (κ1) is 13.3. The van der Waals surface area contributed by atoms with Gasteiger partial charge in [-0.05, 0) is 16.3 Å². The largest absolute Gasteiger partial charge is 0.469 e. The number of esters is 1. The number of methoxy groups -OCH3 is 1. The Kier molecular flexibility index (Phi) is 4.29. The quantitative estimate of drug-likeness (QED) is 0.772. The molecule has 2 rings (SSSR count). The Bertz CT molecular complexity index is 596. The zero-order chi connectivity index (χ0) is 13.7. The molecule has 0 heterocycles. The fourth-order valence-corrected chi connectivity index (χ4v) is 2.09. The van der Waals surface area contributed by atoms with Crippen molar-refractivity contribution in [2.75, 3.05) is 7.11 Å². The Morgan fingerprint density at radius 1 is 1.00 bits per heavy atom. The third-order valence-corrected chi connectivity index (χ3v) is 3.10. The Balaban J connectivity index is 2.09. The van der Waals surface area contributed by atoms with E-state index in [2.05, 4.69) is 4.74 Å². The van der Waals surface area contributed by atoms with Gasteiger partial charge in [-0.3, -0.25) is 9.59 Å². The number of Topliss-reactive ketones (excluding diaryl/α,β-unsaturated/α-hetero) is 1. The molecule has 19 heavy (non-hydrogen) atoms. The number of rotatable bonds is 5. The molecule has 0 fully saturated rings. The Morgan fingerprint density at radius 2 is 1.74 bits per heavy atom. The summed E-state index contributed by atoms with van der Waals surface area (Å²) in [6, 6.07) is 13.9. The van der Waals surface area contributed by atoms with E-state index in [9.17, 15) is 9.59 Å². The van der Waals surface area contributed by atoms with Gasteiger partial charge in [0, 0.05) is 12.8 Å². The van der Waals surface area contributed by atoms with Crippen LogP contribution in [-0.4, -0.2) is 18.9 Å². The van der Waals surface area contributed by atoms with E-state index >= 15 is 0 Å². The van der Waals surface area contributed by atoms with Crippen molar-refractivity contribution in [2.45, 2.75) is 19.3 Å². The number of fused-ring (bicyclic) bond motifs is 1. The Labute approximate surface area is 112 Å². The van der Waals surface area contributed by atoms with Crippen molar-refractivity contribution in [1.82, 2.24) is 0 Å². The molecule has 0 saturated heterocycles. The predicted molar refractivity (Wildman–Crippen MR) is 73.9 cm³/mol. The summed E-state index contributed by atoms with van der Waals surface area (Å²) in [5.74, 6) is -0.284. The molecule has 0 radical (unpaired) electrons. The van der Waals surface area contributed by atoms with Gasteiger partial charge in [0.05, 0.1) is 13.5 Å². The molecule has 0 spiro atoms. The smallest absolute Gasteiger partial charge is 0.305 e. The van der Waals surface area contributed by atoms with Crippen molar-refractivity contribution in [2.24, 2.45) is 0 Å². The second-order valence-corrected chi connectivity index (χ2v) is 4.43. The Morgan fingerprint density at radius 3 is 2.53 bits per heavy atom. The summed E-state index contributed by atoms with van der Waals surface area (Å²) < 4.78 is 4.53. The first-order chi connectivity index (χ1) is 9.20. The number of hydrogen-bond donors (Lipinski definition) is 0. The summed E-state index contributed by atoms with van der Waals surface area (Å²) in [6.45, 7) is 0. The topological polar surface area (TPSA) is 43.4 Å². The molecule has 0 aliphatic rings. The van der Waals surface area contributed by atoms with Gasteiger partial charge in [-0.25, -0.2) is 0 Å². The van der Waals surface area contributed by atoms with Crippen molar-refractivity contribution in [3.8, 4) is 0 Å². The molecular formula is C16H16O3.